The van der Waals surface area contributed by atoms with Gasteiger partial charge in [-0.05, 0) is 56.6 Å². The second kappa shape index (κ2) is 10.5. The van der Waals surface area contributed by atoms with Gasteiger partial charge in [-0.3, -0.25) is 9.88 Å². The largest absolute Gasteiger partial charge is 0.461 e. The zero-order chi connectivity index (χ0) is 29.0. The van der Waals surface area contributed by atoms with Crippen LogP contribution in [0.4, 0.5) is 14.6 Å². The molecule has 5 heterocycles. The molecule has 2 aromatic heterocycles. The van der Waals surface area contributed by atoms with E-state index in [1.54, 1.807) is 35.4 Å². The molecule has 0 aliphatic carbocycles. The number of hydrogen-bond donors (Lipinski definition) is 0. The number of benzene rings is 2. The third-order valence-corrected chi connectivity index (χ3v) is 9.67. The molecule has 0 N–H and O–H groups in total. The van der Waals surface area contributed by atoms with Gasteiger partial charge < -0.3 is 14.5 Å². The van der Waals surface area contributed by atoms with Crippen LogP contribution in [0.3, 0.4) is 0 Å². The number of rotatable bonds is 6. The summed E-state index contributed by atoms with van der Waals surface area (Å²) in [4.78, 5) is 20.0. The first-order valence-corrected chi connectivity index (χ1v) is 14.7. The molecule has 4 aromatic rings. The Balaban J connectivity index is 1.35. The van der Waals surface area contributed by atoms with Gasteiger partial charge in [-0.2, -0.15) is 15.2 Å². The first-order valence-electron chi connectivity index (χ1n) is 14.4. The average molecular weight is 590 g/mol. The number of ether oxygens (including phenoxy) is 1. The third-order valence-electron chi connectivity index (χ3n) is 9.30. The lowest BCUT2D eigenvalue weighted by atomic mass is 9.95. The Hall–Kier alpha value is -3.81. The van der Waals surface area contributed by atoms with Gasteiger partial charge in [0.1, 0.15) is 29.5 Å². The van der Waals surface area contributed by atoms with Crippen molar-refractivity contribution in [2.75, 3.05) is 44.7 Å². The summed E-state index contributed by atoms with van der Waals surface area (Å²) in [5.74, 6) is -0.754. The minimum Gasteiger partial charge on any atom is -0.461 e. The molecule has 216 valence electrons. The summed E-state index contributed by atoms with van der Waals surface area (Å²) in [6.45, 7) is 3.74. The van der Waals surface area contributed by atoms with E-state index in [2.05, 4.69) is 21.1 Å². The van der Waals surface area contributed by atoms with Gasteiger partial charge in [0.15, 0.2) is 12.0 Å². The van der Waals surface area contributed by atoms with Gasteiger partial charge in [0.25, 0.3) is 0 Å². The molecule has 8 nitrogen and oxygen atoms in total. The van der Waals surface area contributed by atoms with Crippen LogP contribution in [-0.4, -0.2) is 76.2 Å². The van der Waals surface area contributed by atoms with Crippen LogP contribution in [0.2, 0.25) is 5.02 Å². The number of fused-ring (bicyclic) bond motifs is 3. The Morgan fingerprint density at radius 3 is 2.71 bits per heavy atom. The molecular weight excluding hydrogens is 560 g/mol. The van der Waals surface area contributed by atoms with Crippen molar-refractivity contribution in [1.29, 1.82) is 5.26 Å². The minimum atomic E-state index is -0.658. The van der Waals surface area contributed by atoms with Gasteiger partial charge in [-0.1, -0.05) is 35.9 Å². The fourth-order valence-electron chi connectivity index (χ4n) is 7.03. The maximum Gasteiger partial charge on any atom is 0.319 e. The van der Waals surface area contributed by atoms with Gasteiger partial charge in [-0.15, -0.1) is 0 Å². The summed E-state index contributed by atoms with van der Waals surface area (Å²) in [5.41, 5.74) is 0.430. The molecule has 0 spiro atoms. The van der Waals surface area contributed by atoms with E-state index in [0.717, 1.165) is 45.2 Å². The highest BCUT2D eigenvalue weighted by molar-refractivity contribution is 6.36. The number of aromatic nitrogens is 3. The van der Waals surface area contributed by atoms with Gasteiger partial charge in [0.2, 0.25) is 0 Å². The van der Waals surface area contributed by atoms with Crippen LogP contribution < -0.4 is 9.64 Å². The monoisotopic (exact) mass is 589 g/mol. The van der Waals surface area contributed by atoms with Crippen molar-refractivity contribution in [1.82, 2.24) is 24.8 Å². The molecule has 0 unspecified atom stereocenters. The number of pyridine rings is 1. The number of likely N-dealkylation sites (tertiary alicyclic amines) is 1. The van der Waals surface area contributed by atoms with E-state index in [-0.39, 0.29) is 33.8 Å². The number of hydrogen-bond acceptors (Lipinski definition) is 8. The van der Waals surface area contributed by atoms with Gasteiger partial charge in [0, 0.05) is 37.3 Å². The number of nitrogens with zero attached hydrogens (tertiary/aromatic N) is 7. The maximum atomic E-state index is 16.6. The molecule has 3 aliphatic rings. The van der Waals surface area contributed by atoms with Crippen LogP contribution in [0, 0.1) is 23.1 Å². The minimum absolute atomic E-state index is 0.00284. The first-order chi connectivity index (χ1) is 20.4. The summed E-state index contributed by atoms with van der Waals surface area (Å²) in [5, 5.41) is 10.8. The third kappa shape index (κ3) is 4.38. The van der Waals surface area contributed by atoms with E-state index in [1.165, 1.54) is 6.07 Å². The highest BCUT2D eigenvalue weighted by atomic mass is 35.5. The van der Waals surface area contributed by atoms with E-state index in [0.29, 0.717) is 47.2 Å². The number of nitriles is 1. The zero-order valence-corrected chi connectivity index (χ0v) is 24.0. The second-order valence-corrected chi connectivity index (χ2v) is 12.0. The Morgan fingerprint density at radius 1 is 1.14 bits per heavy atom. The normalized spacial score (nSPS) is 19.9. The molecule has 1 atom stereocenters. The smallest absolute Gasteiger partial charge is 0.319 e. The molecule has 3 aliphatic heterocycles. The zero-order valence-electron chi connectivity index (χ0n) is 23.3. The highest BCUT2D eigenvalue weighted by Gasteiger charge is 2.45. The maximum absolute atomic E-state index is 16.6. The summed E-state index contributed by atoms with van der Waals surface area (Å²) in [6.07, 6.45) is 8.90. The lowest BCUT2D eigenvalue weighted by molar-refractivity contribution is 0.108. The topological polar surface area (TPSA) is 81.4 Å². The van der Waals surface area contributed by atoms with E-state index in [1.807, 2.05) is 11.9 Å². The Morgan fingerprint density at radius 2 is 1.95 bits per heavy atom. The molecule has 0 amide bonds. The Kier molecular flexibility index (Phi) is 6.75. The van der Waals surface area contributed by atoms with Gasteiger partial charge in [0.05, 0.1) is 22.0 Å². The highest BCUT2D eigenvalue weighted by Crippen LogP contribution is 2.41. The van der Waals surface area contributed by atoms with Crippen molar-refractivity contribution < 1.29 is 13.5 Å². The average Bonchev–Trinajstić information content (AvgIpc) is 3.74. The van der Waals surface area contributed by atoms with Crippen LogP contribution >= 0.6 is 11.6 Å². The quantitative estimate of drug-likeness (QED) is 0.262. The van der Waals surface area contributed by atoms with E-state index < -0.39 is 11.6 Å². The predicted molar refractivity (Wildman–Crippen MR) is 157 cm³/mol. The SMILES string of the molecule is CN(c1nc(OCC23CCCN2CCC3)nc2c(F)c(-c3cccc4ccc(F)c(Cl)c34)ncc12)[C@@H]1CCN(C#N)C1. The van der Waals surface area contributed by atoms with Gasteiger partial charge >= 0.3 is 6.01 Å². The fraction of sp³-hybridized carbons (Fsp3) is 0.419. The first kappa shape index (κ1) is 27.0. The van der Waals surface area contributed by atoms with E-state index in [4.69, 9.17) is 21.3 Å². The fourth-order valence-corrected chi connectivity index (χ4v) is 7.31. The number of anilines is 1. The second-order valence-electron chi connectivity index (χ2n) is 11.6. The van der Waals surface area contributed by atoms with Crippen molar-refractivity contribution in [2.24, 2.45) is 0 Å². The van der Waals surface area contributed by atoms with Crippen LogP contribution in [0.1, 0.15) is 32.1 Å². The van der Waals surface area contributed by atoms with Crippen molar-refractivity contribution >= 4 is 39.1 Å². The lowest BCUT2D eigenvalue weighted by Gasteiger charge is -2.31. The Labute approximate surface area is 247 Å². The molecule has 2 aromatic carbocycles. The molecular formula is C31H30ClF2N7O. The summed E-state index contributed by atoms with van der Waals surface area (Å²) in [7, 11) is 1.89. The standard InChI is InChI=1S/C31H30ClF2N7O/c1-39(20-9-14-40(16-20)18-35)29-22-15-36-27(21-6-2-5-19-7-8-23(33)25(32)24(19)21)26(34)28(22)37-30(38-29)42-17-31-10-3-12-41(31)13-4-11-31/h2,5-8,15,20H,3-4,9-14,16-17H2,1H3/t20-/m1/s1. The molecule has 3 fully saturated rings. The van der Waals surface area contributed by atoms with Crippen molar-refractivity contribution in [3.63, 3.8) is 0 Å². The molecule has 0 bridgehead atoms. The molecule has 3 saturated heterocycles. The van der Waals surface area contributed by atoms with E-state index >= 15 is 4.39 Å². The van der Waals surface area contributed by atoms with E-state index in [9.17, 15) is 9.65 Å². The molecule has 42 heavy (non-hydrogen) atoms. The lowest BCUT2D eigenvalue weighted by Crippen LogP contribution is -2.43. The van der Waals surface area contributed by atoms with Crippen LogP contribution in [-0.2, 0) is 0 Å². The van der Waals surface area contributed by atoms with Crippen LogP contribution in [0.25, 0.3) is 32.9 Å². The van der Waals surface area contributed by atoms with Crippen molar-refractivity contribution in [2.45, 2.75) is 43.7 Å². The molecule has 7 rings (SSSR count). The van der Waals surface area contributed by atoms with Crippen molar-refractivity contribution in [3.05, 3.63) is 53.2 Å². The van der Waals surface area contributed by atoms with Crippen molar-refractivity contribution in [3.8, 4) is 23.5 Å². The molecule has 11 heteroatoms. The molecule has 0 saturated carbocycles. The summed E-state index contributed by atoms with van der Waals surface area (Å²) >= 11 is 6.38. The number of likely N-dealkylation sites (N-methyl/N-ethyl adjacent to an activating group) is 1. The summed E-state index contributed by atoms with van der Waals surface area (Å²) < 4.78 is 37.3. The molecule has 0 radical (unpaired) electrons. The van der Waals surface area contributed by atoms with Gasteiger partial charge in [-0.25, -0.2) is 8.78 Å². The van der Waals surface area contributed by atoms with Crippen LogP contribution in [0.5, 0.6) is 6.01 Å². The van der Waals surface area contributed by atoms with Crippen LogP contribution in [0.15, 0.2) is 36.5 Å². The summed E-state index contributed by atoms with van der Waals surface area (Å²) in [6, 6.07) is 8.25. The number of halogens is 3. The predicted octanol–water partition coefficient (Wildman–Crippen LogP) is 5.78. The Bertz CT molecular complexity index is 1730.